The number of aliphatic carboxylic acids is 1. The van der Waals surface area contributed by atoms with Crippen LogP contribution in [0.3, 0.4) is 0 Å². The van der Waals surface area contributed by atoms with Crippen molar-refractivity contribution in [2.75, 3.05) is 20.8 Å². The first-order valence-electron chi connectivity index (χ1n) is 9.06. The van der Waals surface area contributed by atoms with Gasteiger partial charge in [-0.25, -0.2) is 4.79 Å². The summed E-state index contributed by atoms with van der Waals surface area (Å²) in [4.78, 5) is 25.7. The number of urea groups is 1. The number of carboxylic acids is 1. The number of carbonyl (C=O) groups excluding carboxylic acids is 1. The van der Waals surface area contributed by atoms with E-state index in [4.69, 9.17) is 14.6 Å². The molecule has 0 fully saturated rings. The average Bonchev–Trinajstić information content (AvgIpc) is 2.72. The van der Waals surface area contributed by atoms with Gasteiger partial charge in [-0.05, 0) is 42.2 Å². The molecule has 7 heteroatoms. The molecule has 1 heterocycles. The van der Waals surface area contributed by atoms with Crippen molar-refractivity contribution in [2.24, 2.45) is 0 Å². The molecule has 1 aliphatic heterocycles. The fourth-order valence-electron chi connectivity index (χ4n) is 3.49. The van der Waals surface area contributed by atoms with E-state index in [1.54, 1.807) is 19.1 Å². The molecule has 0 aliphatic carbocycles. The Balaban J connectivity index is 2.06. The van der Waals surface area contributed by atoms with E-state index in [0.717, 1.165) is 16.7 Å². The van der Waals surface area contributed by atoms with E-state index in [-0.39, 0.29) is 6.04 Å². The number of carboxylic acid groups (broad SMARTS) is 1. The molecular formula is C21H24N2O5. The SMILES string of the molecule is COc1cc2c(cc1OC)C(c1ccccc1)N(C(=O)NC(C)C(=O)O)CC2. The minimum Gasteiger partial charge on any atom is -0.493 e. The summed E-state index contributed by atoms with van der Waals surface area (Å²) in [6.45, 7) is 1.91. The lowest BCUT2D eigenvalue weighted by Gasteiger charge is -2.38. The first-order valence-corrected chi connectivity index (χ1v) is 9.06. The second-order valence-corrected chi connectivity index (χ2v) is 6.67. The topological polar surface area (TPSA) is 88.1 Å². The average molecular weight is 384 g/mol. The predicted molar refractivity (Wildman–Crippen MR) is 104 cm³/mol. The van der Waals surface area contributed by atoms with Crippen LogP contribution in [0, 0.1) is 0 Å². The molecule has 0 saturated carbocycles. The van der Waals surface area contributed by atoms with Gasteiger partial charge in [-0.1, -0.05) is 30.3 Å². The van der Waals surface area contributed by atoms with E-state index in [1.807, 2.05) is 42.5 Å². The second-order valence-electron chi connectivity index (χ2n) is 6.67. The highest BCUT2D eigenvalue weighted by Gasteiger charge is 2.34. The molecular weight excluding hydrogens is 360 g/mol. The summed E-state index contributed by atoms with van der Waals surface area (Å²) in [5.41, 5.74) is 2.95. The smallest absolute Gasteiger partial charge is 0.325 e. The van der Waals surface area contributed by atoms with Gasteiger partial charge in [0.25, 0.3) is 0 Å². The van der Waals surface area contributed by atoms with E-state index in [2.05, 4.69) is 5.32 Å². The van der Waals surface area contributed by atoms with Crippen LogP contribution in [-0.2, 0) is 11.2 Å². The van der Waals surface area contributed by atoms with Crippen molar-refractivity contribution in [3.8, 4) is 11.5 Å². The van der Waals surface area contributed by atoms with Gasteiger partial charge in [-0.2, -0.15) is 0 Å². The van der Waals surface area contributed by atoms with Crippen LogP contribution in [0.5, 0.6) is 11.5 Å². The van der Waals surface area contributed by atoms with Gasteiger partial charge in [0.1, 0.15) is 6.04 Å². The van der Waals surface area contributed by atoms with Crippen molar-refractivity contribution in [1.82, 2.24) is 10.2 Å². The minimum atomic E-state index is -1.08. The fraction of sp³-hybridized carbons (Fsp3) is 0.333. The van der Waals surface area contributed by atoms with E-state index in [9.17, 15) is 9.59 Å². The molecule has 2 aromatic rings. The molecule has 0 radical (unpaired) electrons. The van der Waals surface area contributed by atoms with Crippen molar-refractivity contribution in [3.05, 3.63) is 59.2 Å². The van der Waals surface area contributed by atoms with Crippen molar-refractivity contribution in [2.45, 2.75) is 25.4 Å². The Kier molecular flexibility index (Phi) is 5.73. The highest BCUT2D eigenvalue weighted by atomic mass is 16.5. The molecule has 7 nitrogen and oxygen atoms in total. The van der Waals surface area contributed by atoms with E-state index >= 15 is 0 Å². The van der Waals surface area contributed by atoms with Gasteiger partial charge in [0.05, 0.1) is 20.3 Å². The van der Waals surface area contributed by atoms with Crippen LogP contribution >= 0.6 is 0 Å². The van der Waals surface area contributed by atoms with Crippen LogP contribution in [-0.4, -0.2) is 48.8 Å². The number of nitrogens with zero attached hydrogens (tertiary/aromatic N) is 1. The summed E-state index contributed by atoms with van der Waals surface area (Å²) in [5.74, 6) is 0.155. The third-order valence-electron chi connectivity index (χ3n) is 4.96. The summed E-state index contributed by atoms with van der Waals surface area (Å²) in [6, 6.07) is 11.8. The first-order chi connectivity index (χ1) is 13.5. The first kappa shape index (κ1) is 19.5. The van der Waals surface area contributed by atoms with Crippen molar-refractivity contribution in [1.29, 1.82) is 0 Å². The molecule has 148 valence electrons. The zero-order valence-corrected chi connectivity index (χ0v) is 16.1. The fourth-order valence-corrected chi connectivity index (χ4v) is 3.49. The van der Waals surface area contributed by atoms with E-state index in [0.29, 0.717) is 24.5 Å². The molecule has 0 bridgehead atoms. The monoisotopic (exact) mass is 384 g/mol. The summed E-state index contributed by atoms with van der Waals surface area (Å²) in [7, 11) is 3.17. The van der Waals surface area contributed by atoms with Crippen molar-refractivity contribution < 1.29 is 24.2 Å². The normalized spacial score (nSPS) is 16.7. The number of hydrogen-bond acceptors (Lipinski definition) is 4. The minimum absolute atomic E-state index is 0.356. The number of benzene rings is 2. The van der Waals surface area contributed by atoms with Crippen LogP contribution in [0.15, 0.2) is 42.5 Å². The lowest BCUT2D eigenvalue weighted by Crippen LogP contribution is -2.50. The summed E-state index contributed by atoms with van der Waals surface area (Å²) in [5, 5.41) is 11.7. The molecule has 2 unspecified atom stereocenters. The predicted octanol–water partition coefficient (Wildman–Crippen LogP) is 2.83. The maximum absolute atomic E-state index is 12.9. The lowest BCUT2D eigenvalue weighted by atomic mass is 9.88. The Labute approximate surface area is 163 Å². The molecule has 2 atom stereocenters. The van der Waals surface area contributed by atoms with Gasteiger partial charge in [-0.3, -0.25) is 4.79 Å². The van der Waals surface area contributed by atoms with Crippen LogP contribution in [0.25, 0.3) is 0 Å². The Hall–Kier alpha value is -3.22. The standard InChI is InChI=1S/C21H24N2O5/c1-13(20(24)25)22-21(26)23-10-9-15-11-17(27-2)18(28-3)12-16(15)19(23)14-7-5-4-6-8-14/h4-8,11-13,19H,9-10H2,1-3H3,(H,22,26)(H,24,25). The third-order valence-corrected chi connectivity index (χ3v) is 4.96. The number of hydrogen-bond donors (Lipinski definition) is 2. The number of amides is 2. The van der Waals surface area contributed by atoms with Crippen molar-refractivity contribution in [3.63, 3.8) is 0 Å². The number of ether oxygens (including phenoxy) is 2. The van der Waals surface area contributed by atoms with E-state index < -0.39 is 18.0 Å². The second kappa shape index (κ2) is 8.21. The summed E-state index contributed by atoms with van der Waals surface area (Å²) < 4.78 is 10.9. The lowest BCUT2D eigenvalue weighted by molar-refractivity contribution is -0.138. The van der Waals surface area contributed by atoms with Gasteiger partial charge >= 0.3 is 12.0 Å². The van der Waals surface area contributed by atoms with Gasteiger partial charge in [0, 0.05) is 6.54 Å². The highest BCUT2D eigenvalue weighted by molar-refractivity contribution is 5.83. The van der Waals surface area contributed by atoms with Crippen LogP contribution < -0.4 is 14.8 Å². The largest absolute Gasteiger partial charge is 0.493 e. The van der Waals surface area contributed by atoms with Gasteiger partial charge in [0.15, 0.2) is 11.5 Å². The number of rotatable bonds is 5. The zero-order valence-electron chi connectivity index (χ0n) is 16.1. The molecule has 0 aromatic heterocycles. The summed E-state index contributed by atoms with van der Waals surface area (Å²) >= 11 is 0. The molecule has 28 heavy (non-hydrogen) atoms. The number of nitrogens with one attached hydrogen (secondary N) is 1. The zero-order chi connectivity index (χ0) is 20.3. The van der Waals surface area contributed by atoms with Crippen molar-refractivity contribution >= 4 is 12.0 Å². The van der Waals surface area contributed by atoms with Crippen LogP contribution in [0.4, 0.5) is 4.79 Å². The van der Waals surface area contributed by atoms with Gasteiger partial charge < -0.3 is 24.8 Å². The molecule has 3 rings (SSSR count). The number of carbonyl (C=O) groups is 2. The number of methoxy groups -OCH3 is 2. The Morgan fingerprint density at radius 3 is 2.39 bits per heavy atom. The number of fused-ring (bicyclic) bond motifs is 1. The maximum atomic E-state index is 12.9. The molecule has 2 aromatic carbocycles. The molecule has 0 saturated heterocycles. The van der Waals surface area contributed by atoms with Crippen LogP contribution in [0.2, 0.25) is 0 Å². The molecule has 2 N–H and O–H groups in total. The van der Waals surface area contributed by atoms with Crippen LogP contribution in [0.1, 0.15) is 29.7 Å². The van der Waals surface area contributed by atoms with Gasteiger partial charge in [0.2, 0.25) is 0 Å². The maximum Gasteiger partial charge on any atom is 0.325 e. The quantitative estimate of drug-likeness (QED) is 0.828. The molecule has 1 aliphatic rings. The van der Waals surface area contributed by atoms with Gasteiger partial charge in [-0.15, -0.1) is 0 Å². The Bertz CT molecular complexity index is 869. The molecule has 2 amide bonds. The summed E-state index contributed by atoms with van der Waals surface area (Å²) in [6.07, 6.45) is 0.633. The Morgan fingerprint density at radius 1 is 1.14 bits per heavy atom. The van der Waals surface area contributed by atoms with E-state index in [1.165, 1.54) is 6.92 Å². The Morgan fingerprint density at radius 2 is 1.79 bits per heavy atom. The highest BCUT2D eigenvalue weighted by Crippen LogP contribution is 2.40. The third kappa shape index (κ3) is 3.74. The molecule has 0 spiro atoms.